The number of thiocarbonyl (C=S) groups is 1. The number of rotatable bonds is 4. The van der Waals surface area contributed by atoms with E-state index < -0.39 is 0 Å². The number of nitrogens with one attached hydrogen (secondary N) is 2. The zero-order chi connectivity index (χ0) is 15.4. The van der Waals surface area contributed by atoms with E-state index >= 15 is 0 Å². The minimum absolute atomic E-state index is 0.145. The molecule has 0 bridgehead atoms. The second-order valence-electron chi connectivity index (χ2n) is 4.05. The Kier molecular flexibility index (Phi) is 4.92. The molecule has 2 N–H and O–H groups in total. The van der Waals surface area contributed by atoms with Crippen LogP contribution in [0.4, 0.5) is 5.13 Å². The number of amides is 1. The Balaban J connectivity index is 2.26. The van der Waals surface area contributed by atoms with E-state index in [0.717, 1.165) is 10.2 Å². The Morgan fingerprint density at radius 1 is 1.38 bits per heavy atom. The van der Waals surface area contributed by atoms with Crippen molar-refractivity contribution in [1.82, 2.24) is 10.3 Å². The second-order valence-corrected chi connectivity index (χ2v) is 5.49. The van der Waals surface area contributed by atoms with Crippen molar-refractivity contribution < 1.29 is 14.3 Å². The van der Waals surface area contributed by atoms with Crippen LogP contribution in [0.25, 0.3) is 10.2 Å². The fraction of sp³-hybridized carbons (Fsp3) is 0.308. The second kappa shape index (κ2) is 6.68. The van der Waals surface area contributed by atoms with Crippen LogP contribution in [0.1, 0.15) is 13.3 Å². The van der Waals surface area contributed by atoms with Crippen molar-refractivity contribution >= 4 is 49.9 Å². The molecule has 1 aromatic carbocycles. The number of nitrogens with zero attached hydrogens (tertiary/aromatic N) is 1. The lowest BCUT2D eigenvalue weighted by atomic mass is 10.3. The van der Waals surface area contributed by atoms with Crippen LogP contribution in [-0.2, 0) is 4.79 Å². The summed E-state index contributed by atoms with van der Waals surface area (Å²) >= 11 is 6.46. The SMILES string of the molecule is CCC(=O)NC(=S)Nc1nc2c(OC)cc(OC)cc2s1. The molecule has 0 aliphatic carbocycles. The molecule has 0 atom stereocenters. The molecule has 2 rings (SSSR count). The van der Waals surface area contributed by atoms with Crippen LogP contribution in [0, 0.1) is 0 Å². The van der Waals surface area contributed by atoms with Crippen molar-refractivity contribution in [3.05, 3.63) is 12.1 Å². The molecular weight excluding hydrogens is 310 g/mol. The highest BCUT2D eigenvalue weighted by Crippen LogP contribution is 2.36. The highest BCUT2D eigenvalue weighted by molar-refractivity contribution is 7.80. The summed E-state index contributed by atoms with van der Waals surface area (Å²) in [4.78, 5) is 15.7. The summed E-state index contributed by atoms with van der Waals surface area (Å²) in [6.45, 7) is 1.76. The van der Waals surface area contributed by atoms with Crippen molar-refractivity contribution in [3.63, 3.8) is 0 Å². The average Bonchev–Trinajstić information content (AvgIpc) is 2.87. The maximum absolute atomic E-state index is 11.3. The Morgan fingerprint density at radius 2 is 2.14 bits per heavy atom. The normalized spacial score (nSPS) is 10.2. The molecule has 6 nitrogen and oxygen atoms in total. The Bertz CT molecular complexity index is 685. The summed E-state index contributed by atoms with van der Waals surface area (Å²) in [5.41, 5.74) is 0.718. The van der Waals surface area contributed by atoms with E-state index in [2.05, 4.69) is 15.6 Å². The summed E-state index contributed by atoms with van der Waals surface area (Å²) in [7, 11) is 3.17. The first-order chi connectivity index (χ1) is 10.1. The number of hydrogen-bond donors (Lipinski definition) is 2. The molecule has 0 unspecified atom stereocenters. The van der Waals surface area contributed by atoms with E-state index in [-0.39, 0.29) is 11.0 Å². The first-order valence-electron chi connectivity index (χ1n) is 6.20. The van der Waals surface area contributed by atoms with E-state index in [9.17, 15) is 4.79 Å². The van der Waals surface area contributed by atoms with Crippen molar-refractivity contribution in [1.29, 1.82) is 0 Å². The largest absolute Gasteiger partial charge is 0.497 e. The van der Waals surface area contributed by atoms with E-state index in [1.54, 1.807) is 27.2 Å². The highest BCUT2D eigenvalue weighted by Gasteiger charge is 2.12. The molecule has 112 valence electrons. The standard InChI is InChI=1S/C13H15N3O3S2/c1-4-10(17)14-12(20)16-13-15-11-8(19-3)5-7(18-2)6-9(11)21-13/h5-6H,4H2,1-3H3,(H2,14,15,16,17,20). The van der Waals surface area contributed by atoms with Crippen LogP contribution in [0.5, 0.6) is 11.5 Å². The van der Waals surface area contributed by atoms with Crippen molar-refractivity contribution in [2.45, 2.75) is 13.3 Å². The summed E-state index contributed by atoms with van der Waals surface area (Å²) in [6.07, 6.45) is 0.368. The summed E-state index contributed by atoms with van der Waals surface area (Å²) in [5, 5.41) is 6.27. The Hall–Kier alpha value is -1.93. The molecule has 0 saturated carbocycles. The molecule has 0 aliphatic rings. The first-order valence-corrected chi connectivity index (χ1v) is 7.43. The molecular formula is C13H15N3O3S2. The van der Waals surface area contributed by atoms with Crippen molar-refractivity contribution in [2.24, 2.45) is 0 Å². The minimum Gasteiger partial charge on any atom is -0.497 e. The zero-order valence-electron chi connectivity index (χ0n) is 11.9. The van der Waals surface area contributed by atoms with E-state index in [0.29, 0.717) is 23.1 Å². The summed E-state index contributed by atoms with van der Waals surface area (Å²) in [5.74, 6) is 1.17. The van der Waals surface area contributed by atoms with Gasteiger partial charge in [-0.1, -0.05) is 18.3 Å². The maximum atomic E-state index is 11.3. The van der Waals surface area contributed by atoms with Gasteiger partial charge in [-0.3, -0.25) is 4.79 Å². The number of hydrogen-bond acceptors (Lipinski definition) is 6. The lowest BCUT2D eigenvalue weighted by Crippen LogP contribution is -2.33. The van der Waals surface area contributed by atoms with E-state index in [1.807, 2.05) is 6.07 Å². The molecule has 0 spiro atoms. The van der Waals surface area contributed by atoms with Gasteiger partial charge in [0.1, 0.15) is 17.0 Å². The van der Waals surface area contributed by atoms with Crippen LogP contribution in [-0.4, -0.2) is 30.2 Å². The molecule has 0 radical (unpaired) electrons. The number of carbonyl (C=O) groups is 1. The van der Waals surface area contributed by atoms with Gasteiger partial charge in [-0.05, 0) is 18.3 Å². The lowest BCUT2D eigenvalue weighted by Gasteiger charge is -2.05. The van der Waals surface area contributed by atoms with Gasteiger partial charge in [0.15, 0.2) is 10.2 Å². The van der Waals surface area contributed by atoms with Gasteiger partial charge >= 0.3 is 0 Å². The number of aromatic nitrogens is 1. The number of anilines is 1. The molecule has 0 fully saturated rings. The van der Waals surface area contributed by atoms with E-state index in [1.165, 1.54) is 11.3 Å². The van der Waals surface area contributed by atoms with Gasteiger partial charge in [0.05, 0.1) is 18.9 Å². The van der Waals surface area contributed by atoms with Crippen LogP contribution in [0.15, 0.2) is 12.1 Å². The molecule has 8 heteroatoms. The van der Waals surface area contributed by atoms with Crippen LogP contribution in [0.2, 0.25) is 0 Å². The Morgan fingerprint density at radius 3 is 2.76 bits per heavy atom. The molecule has 0 aliphatic heterocycles. The molecule has 21 heavy (non-hydrogen) atoms. The predicted molar refractivity (Wildman–Crippen MR) is 87.4 cm³/mol. The van der Waals surface area contributed by atoms with Gasteiger partial charge in [-0.15, -0.1) is 0 Å². The van der Waals surface area contributed by atoms with Gasteiger partial charge in [0, 0.05) is 12.5 Å². The number of fused-ring (bicyclic) bond motifs is 1. The number of thiazole rings is 1. The predicted octanol–water partition coefficient (Wildman–Crippen LogP) is 2.54. The molecule has 2 aromatic rings. The van der Waals surface area contributed by atoms with Crippen LogP contribution in [0.3, 0.4) is 0 Å². The monoisotopic (exact) mass is 325 g/mol. The highest BCUT2D eigenvalue weighted by atomic mass is 32.1. The third kappa shape index (κ3) is 3.59. The van der Waals surface area contributed by atoms with Gasteiger partial charge < -0.3 is 20.1 Å². The molecule has 0 saturated heterocycles. The van der Waals surface area contributed by atoms with Gasteiger partial charge in [-0.25, -0.2) is 4.98 Å². The third-order valence-electron chi connectivity index (χ3n) is 2.68. The van der Waals surface area contributed by atoms with Gasteiger partial charge in [0.25, 0.3) is 0 Å². The van der Waals surface area contributed by atoms with E-state index in [4.69, 9.17) is 21.7 Å². The molecule has 1 amide bonds. The van der Waals surface area contributed by atoms with Gasteiger partial charge in [-0.2, -0.15) is 0 Å². The minimum atomic E-state index is -0.145. The number of ether oxygens (including phenoxy) is 2. The fourth-order valence-corrected chi connectivity index (χ4v) is 2.84. The number of methoxy groups -OCH3 is 2. The van der Waals surface area contributed by atoms with Crippen LogP contribution >= 0.6 is 23.6 Å². The van der Waals surface area contributed by atoms with Crippen LogP contribution < -0.4 is 20.1 Å². The summed E-state index contributed by atoms with van der Waals surface area (Å²) in [6, 6.07) is 3.64. The average molecular weight is 325 g/mol. The van der Waals surface area contributed by atoms with Crippen molar-refractivity contribution in [2.75, 3.05) is 19.5 Å². The number of benzene rings is 1. The zero-order valence-corrected chi connectivity index (χ0v) is 13.5. The van der Waals surface area contributed by atoms with Crippen molar-refractivity contribution in [3.8, 4) is 11.5 Å². The quantitative estimate of drug-likeness (QED) is 0.842. The number of carbonyl (C=O) groups excluding carboxylic acids is 1. The topological polar surface area (TPSA) is 72.5 Å². The molecule has 1 heterocycles. The third-order valence-corrected chi connectivity index (χ3v) is 3.81. The smallest absolute Gasteiger partial charge is 0.225 e. The first kappa shape index (κ1) is 15.5. The molecule has 1 aromatic heterocycles. The maximum Gasteiger partial charge on any atom is 0.225 e. The fourth-order valence-electron chi connectivity index (χ4n) is 1.65. The Labute approximate surface area is 131 Å². The summed E-state index contributed by atoms with van der Waals surface area (Å²) < 4.78 is 11.4. The van der Waals surface area contributed by atoms with Gasteiger partial charge in [0.2, 0.25) is 5.91 Å². The lowest BCUT2D eigenvalue weighted by molar-refractivity contribution is -0.119.